The van der Waals surface area contributed by atoms with E-state index in [0.29, 0.717) is 0 Å². The Morgan fingerprint density at radius 1 is 1.55 bits per heavy atom. The van der Waals surface area contributed by atoms with Crippen molar-refractivity contribution in [3.05, 3.63) is 23.0 Å². The topological polar surface area (TPSA) is 92.4 Å². The van der Waals surface area contributed by atoms with Gasteiger partial charge in [0.15, 0.2) is 0 Å². The van der Waals surface area contributed by atoms with Crippen LogP contribution in [0.15, 0.2) is 17.0 Å². The second kappa shape index (κ2) is 6.95. The first-order valence-corrected chi connectivity index (χ1v) is 8.78. The van der Waals surface area contributed by atoms with Gasteiger partial charge in [-0.25, -0.2) is 17.5 Å². The Hall–Kier alpha value is -0.540. The first-order valence-electron chi connectivity index (χ1n) is 5.63. The summed E-state index contributed by atoms with van der Waals surface area (Å²) >= 11 is 7.08. The summed E-state index contributed by atoms with van der Waals surface area (Å²) in [5.74, 6) is -0.778. The van der Waals surface area contributed by atoms with Gasteiger partial charge in [-0.2, -0.15) is 11.8 Å². The summed E-state index contributed by atoms with van der Waals surface area (Å²) < 4.78 is 40.0. The molecule has 0 radical (unpaired) electrons. The van der Waals surface area contributed by atoms with Crippen molar-refractivity contribution in [2.75, 3.05) is 18.6 Å². The van der Waals surface area contributed by atoms with E-state index in [1.165, 1.54) is 11.8 Å². The number of sulfonamides is 1. The zero-order valence-corrected chi connectivity index (χ0v) is 13.3. The molecule has 0 saturated heterocycles. The maximum absolute atomic E-state index is 13.2. The van der Waals surface area contributed by atoms with Crippen molar-refractivity contribution in [3.63, 3.8) is 0 Å². The molecule has 5 nitrogen and oxygen atoms in total. The number of nitrogens with one attached hydrogen (secondary N) is 1. The highest BCUT2D eigenvalue weighted by molar-refractivity contribution is 7.99. The SMILES string of the molecule is CSC(CO)C(C)NS(=O)(=O)c1cc(N)c(F)cc1Cl. The molecule has 4 N–H and O–H groups in total. The summed E-state index contributed by atoms with van der Waals surface area (Å²) in [4.78, 5) is -0.289. The van der Waals surface area contributed by atoms with Gasteiger partial charge in [-0.05, 0) is 25.3 Å². The minimum atomic E-state index is -3.95. The highest BCUT2D eigenvalue weighted by atomic mass is 35.5. The largest absolute Gasteiger partial charge is 0.396 e. The molecule has 0 aliphatic rings. The van der Waals surface area contributed by atoms with Crippen molar-refractivity contribution in [2.45, 2.75) is 23.1 Å². The van der Waals surface area contributed by atoms with Gasteiger partial charge < -0.3 is 10.8 Å². The van der Waals surface area contributed by atoms with Gasteiger partial charge in [0.2, 0.25) is 10.0 Å². The quantitative estimate of drug-likeness (QED) is 0.680. The highest BCUT2D eigenvalue weighted by Gasteiger charge is 2.25. The van der Waals surface area contributed by atoms with E-state index in [4.69, 9.17) is 22.4 Å². The number of rotatable bonds is 6. The zero-order chi connectivity index (χ0) is 15.5. The van der Waals surface area contributed by atoms with Crippen molar-refractivity contribution >= 4 is 39.1 Å². The van der Waals surface area contributed by atoms with E-state index in [9.17, 15) is 12.8 Å². The van der Waals surface area contributed by atoms with E-state index in [0.717, 1.165) is 12.1 Å². The Kier molecular flexibility index (Phi) is 6.08. The van der Waals surface area contributed by atoms with Crippen LogP contribution in [0.25, 0.3) is 0 Å². The van der Waals surface area contributed by atoms with Crippen molar-refractivity contribution in [1.29, 1.82) is 0 Å². The number of hydrogen-bond acceptors (Lipinski definition) is 5. The minimum absolute atomic E-state index is 0.176. The molecular formula is C11H16ClFN2O3S2. The van der Waals surface area contributed by atoms with Crippen LogP contribution in [0.2, 0.25) is 5.02 Å². The van der Waals surface area contributed by atoms with Gasteiger partial charge in [0.1, 0.15) is 10.7 Å². The lowest BCUT2D eigenvalue weighted by atomic mass is 10.3. The molecule has 0 bridgehead atoms. The van der Waals surface area contributed by atoms with E-state index in [-0.39, 0.29) is 27.5 Å². The summed E-state index contributed by atoms with van der Waals surface area (Å²) in [6, 6.07) is 1.30. The van der Waals surface area contributed by atoms with Crippen LogP contribution in [0, 0.1) is 5.82 Å². The molecule has 20 heavy (non-hydrogen) atoms. The van der Waals surface area contributed by atoms with Crippen molar-refractivity contribution in [2.24, 2.45) is 0 Å². The lowest BCUT2D eigenvalue weighted by molar-refractivity contribution is 0.282. The molecule has 1 aromatic carbocycles. The fourth-order valence-corrected chi connectivity index (χ4v) is 4.12. The van der Waals surface area contributed by atoms with Crippen LogP contribution in [-0.4, -0.2) is 37.7 Å². The standard InChI is InChI=1S/C11H16ClFN2O3S2/c1-6(10(5-16)19-2)15-20(17,18)11-4-9(14)8(13)3-7(11)12/h3-4,6,10,15-16H,5,14H2,1-2H3. The molecule has 0 fully saturated rings. The number of nitrogens with two attached hydrogens (primary N) is 1. The fraction of sp³-hybridized carbons (Fsp3) is 0.455. The summed E-state index contributed by atoms with van der Waals surface area (Å²) in [7, 11) is -3.95. The number of thioether (sulfide) groups is 1. The molecule has 2 unspecified atom stereocenters. The van der Waals surface area contributed by atoms with Crippen LogP contribution in [0.1, 0.15) is 6.92 Å². The van der Waals surface area contributed by atoms with Crippen LogP contribution < -0.4 is 10.5 Å². The van der Waals surface area contributed by atoms with Gasteiger partial charge >= 0.3 is 0 Å². The Bertz CT molecular complexity index is 579. The van der Waals surface area contributed by atoms with Gasteiger partial charge in [-0.1, -0.05) is 11.6 Å². The Morgan fingerprint density at radius 3 is 2.65 bits per heavy atom. The second-order valence-corrected chi connectivity index (χ2v) is 7.34. The second-order valence-electron chi connectivity index (χ2n) is 4.17. The number of aliphatic hydroxyl groups excluding tert-OH is 1. The number of nitrogen functional groups attached to an aromatic ring is 1. The van der Waals surface area contributed by atoms with Crippen molar-refractivity contribution in [1.82, 2.24) is 4.72 Å². The molecule has 2 atom stereocenters. The first kappa shape index (κ1) is 17.5. The van der Waals surface area contributed by atoms with Gasteiger partial charge in [0.25, 0.3) is 0 Å². The maximum atomic E-state index is 13.2. The predicted octanol–water partition coefficient (Wildman–Crippen LogP) is 1.45. The number of benzene rings is 1. The number of aliphatic hydroxyl groups is 1. The van der Waals surface area contributed by atoms with Gasteiger partial charge in [-0.15, -0.1) is 0 Å². The summed E-state index contributed by atoms with van der Waals surface area (Å²) in [5, 5.41) is 8.59. The third kappa shape index (κ3) is 3.98. The molecule has 0 aromatic heterocycles. The Morgan fingerprint density at radius 2 is 2.15 bits per heavy atom. The number of halogens is 2. The number of hydrogen-bond donors (Lipinski definition) is 3. The van der Waals surface area contributed by atoms with Gasteiger partial charge in [-0.3, -0.25) is 0 Å². The first-order chi connectivity index (χ1) is 9.22. The third-order valence-corrected chi connectivity index (χ3v) is 5.91. The maximum Gasteiger partial charge on any atom is 0.242 e. The minimum Gasteiger partial charge on any atom is -0.396 e. The normalized spacial score (nSPS) is 15.1. The molecule has 1 aromatic rings. The van der Waals surface area contributed by atoms with Crippen LogP contribution in [-0.2, 0) is 10.0 Å². The molecule has 9 heteroatoms. The number of anilines is 1. The van der Waals surface area contributed by atoms with Gasteiger partial charge in [0.05, 0.1) is 17.3 Å². The van der Waals surface area contributed by atoms with Crippen LogP contribution >= 0.6 is 23.4 Å². The van der Waals surface area contributed by atoms with Crippen molar-refractivity contribution in [3.8, 4) is 0 Å². The zero-order valence-electron chi connectivity index (χ0n) is 10.9. The molecular weight excluding hydrogens is 327 g/mol. The Balaban J connectivity index is 3.09. The lowest BCUT2D eigenvalue weighted by Crippen LogP contribution is -2.41. The molecule has 0 spiro atoms. The van der Waals surface area contributed by atoms with Crippen LogP contribution in [0.5, 0.6) is 0 Å². The molecule has 0 aliphatic heterocycles. The van der Waals surface area contributed by atoms with Crippen LogP contribution in [0.3, 0.4) is 0 Å². The van der Waals surface area contributed by atoms with Crippen LogP contribution in [0.4, 0.5) is 10.1 Å². The van der Waals surface area contributed by atoms with E-state index < -0.39 is 21.9 Å². The van der Waals surface area contributed by atoms with E-state index in [1.807, 2.05) is 0 Å². The lowest BCUT2D eigenvalue weighted by Gasteiger charge is -2.21. The average Bonchev–Trinajstić information content (AvgIpc) is 2.34. The molecule has 1 rings (SSSR count). The summed E-state index contributed by atoms with van der Waals surface area (Å²) in [6.07, 6.45) is 1.76. The summed E-state index contributed by atoms with van der Waals surface area (Å²) in [5.41, 5.74) is 5.06. The van der Waals surface area contributed by atoms with Crippen molar-refractivity contribution < 1.29 is 17.9 Å². The Labute approximate surface area is 126 Å². The predicted molar refractivity (Wildman–Crippen MR) is 80.0 cm³/mol. The monoisotopic (exact) mass is 342 g/mol. The summed E-state index contributed by atoms with van der Waals surface area (Å²) in [6.45, 7) is 1.44. The third-order valence-electron chi connectivity index (χ3n) is 2.72. The highest BCUT2D eigenvalue weighted by Crippen LogP contribution is 2.26. The molecule has 0 amide bonds. The average molecular weight is 343 g/mol. The molecule has 0 aliphatic carbocycles. The molecule has 0 heterocycles. The van der Waals surface area contributed by atoms with E-state index >= 15 is 0 Å². The molecule has 0 saturated carbocycles. The van der Waals surface area contributed by atoms with E-state index in [1.54, 1.807) is 13.2 Å². The smallest absolute Gasteiger partial charge is 0.242 e. The van der Waals surface area contributed by atoms with E-state index in [2.05, 4.69) is 4.72 Å². The fourth-order valence-electron chi connectivity index (χ4n) is 1.57. The van der Waals surface area contributed by atoms with Gasteiger partial charge in [0, 0.05) is 11.3 Å². The molecule has 114 valence electrons.